The standard InChI is InChI=1S/C13H28N2O2/c1-6-11(5)15(8-3)10-12(14-7-2)13(16)17-9-4/h11-12,14H,6-10H2,1-5H3. The molecule has 17 heavy (non-hydrogen) atoms. The van der Waals surface area contributed by atoms with E-state index in [1.165, 1.54) is 0 Å². The van der Waals surface area contributed by atoms with Crippen LogP contribution < -0.4 is 5.32 Å². The van der Waals surface area contributed by atoms with Gasteiger partial charge >= 0.3 is 5.97 Å². The second-order valence-electron chi connectivity index (χ2n) is 4.21. The molecule has 0 saturated heterocycles. The first kappa shape index (κ1) is 16.4. The molecule has 0 aromatic carbocycles. The minimum Gasteiger partial charge on any atom is -0.465 e. The van der Waals surface area contributed by atoms with Crippen LogP contribution in [0.15, 0.2) is 0 Å². The predicted octanol–water partition coefficient (Wildman–Crippen LogP) is 1.65. The van der Waals surface area contributed by atoms with Gasteiger partial charge in [0, 0.05) is 12.6 Å². The molecule has 0 aliphatic heterocycles. The Morgan fingerprint density at radius 3 is 2.35 bits per heavy atom. The van der Waals surface area contributed by atoms with Crippen molar-refractivity contribution in [3.63, 3.8) is 0 Å². The smallest absolute Gasteiger partial charge is 0.324 e. The summed E-state index contributed by atoms with van der Waals surface area (Å²) in [5, 5.41) is 3.19. The largest absolute Gasteiger partial charge is 0.465 e. The van der Waals surface area contributed by atoms with Gasteiger partial charge in [0.1, 0.15) is 6.04 Å². The molecule has 0 amide bonds. The highest BCUT2D eigenvalue weighted by molar-refractivity contribution is 5.76. The van der Waals surface area contributed by atoms with E-state index >= 15 is 0 Å². The number of carbonyl (C=O) groups excluding carboxylic acids is 1. The zero-order valence-electron chi connectivity index (χ0n) is 12.0. The maximum absolute atomic E-state index is 11.8. The lowest BCUT2D eigenvalue weighted by atomic mass is 10.2. The lowest BCUT2D eigenvalue weighted by Gasteiger charge is -2.30. The number of likely N-dealkylation sites (N-methyl/N-ethyl adjacent to an activating group) is 2. The molecule has 1 N–H and O–H groups in total. The van der Waals surface area contributed by atoms with E-state index in [0.29, 0.717) is 12.6 Å². The highest BCUT2D eigenvalue weighted by atomic mass is 16.5. The van der Waals surface area contributed by atoms with Crippen LogP contribution in [0.3, 0.4) is 0 Å². The van der Waals surface area contributed by atoms with Crippen molar-refractivity contribution in [3.8, 4) is 0 Å². The molecule has 0 saturated carbocycles. The Labute approximate surface area is 106 Å². The van der Waals surface area contributed by atoms with Crippen LogP contribution in [0.1, 0.15) is 41.0 Å². The summed E-state index contributed by atoms with van der Waals surface area (Å²) in [5.74, 6) is -0.142. The lowest BCUT2D eigenvalue weighted by molar-refractivity contribution is -0.146. The summed E-state index contributed by atoms with van der Waals surface area (Å²) in [6, 6.07) is 0.282. The fraction of sp³-hybridized carbons (Fsp3) is 0.923. The third-order valence-corrected chi connectivity index (χ3v) is 3.06. The molecule has 0 aromatic rings. The highest BCUT2D eigenvalue weighted by Crippen LogP contribution is 2.05. The SMILES string of the molecule is CCNC(CN(CC)C(C)CC)C(=O)OCC. The first-order valence-corrected chi connectivity index (χ1v) is 6.74. The number of nitrogens with one attached hydrogen (secondary N) is 1. The van der Waals surface area contributed by atoms with Crippen molar-refractivity contribution in [2.45, 2.75) is 53.1 Å². The van der Waals surface area contributed by atoms with Crippen LogP contribution in [0.25, 0.3) is 0 Å². The molecular formula is C13H28N2O2. The number of hydrogen-bond acceptors (Lipinski definition) is 4. The van der Waals surface area contributed by atoms with E-state index in [9.17, 15) is 4.79 Å². The first-order chi connectivity index (χ1) is 8.10. The molecule has 102 valence electrons. The van der Waals surface area contributed by atoms with Crippen molar-refractivity contribution in [1.82, 2.24) is 10.2 Å². The number of nitrogens with zero attached hydrogens (tertiary/aromatic N) is 1. The molecule has 0 bridgehead atoms. The number of ether oxygens (including phenoxy) is 1. The summed E-state index contributed by atoms with van der Waals surface area (Å²) < 4.78 is 5.09. The molecule has 0 aliphatic carbocycles. The number of rotatable bonds is 9. The van der Waals surface area contributed by atoms with Gasteiger partial charge in [0.05, 0.1) is 6.61 Å². The van der Waals surface area contributed by atoms with Crippen LogP contribution in [0.2, 0.25) is 0 Å². The summed E-state index contributed by atoms with van der Waals surface area (Å²) >= 11 is 0. The Morgan fingerprint density at radius 2 is 1.94 bits per heavy atom. The van der Waals surface area contributed by atoms with Crippen molar-refractivity contribution < 1.29 is 9.53 Å². The van der Waals surface area contributed by atoms with Gasteiger partial charge < -0.3 is 10.1 Å². The molecule has 0 radical (unpaired) electrons. The van der Waals surface area contributed by atoms with Crippen molar-refractivity contribution >= 4 is 5.97 Å². The second kappa shape index (κ2) is 9.42. The lowest BCUT2D eigenvalue weighted by Crippen LogP contribution is -2.49. The van der Waals surface area contributed by atoms with E-state index in [2.05, 4.69) is 31.0 Å². The molecule has 0 rings (SSSR count). The second-order valence-corrected chi connectivity index (χ2v) is 4.21. The Kier molecular flexibility index (Phi) is 9.09. The molecule has 0 fully saturated rings. The van der Waals surface area contributed by atoms with Gasteiger partial charge in [0.15, 0.2) is 0 Å². The average Bonchev–Trinajstić information content (AvgIpc) is 2.33. The number of hydrogen-bond donors (Lipinski definition) is 1. The normalized spacial score (nSPS) is 14.7. The van der Waals surface area contributed by atoms with Gasteiger partial charge in [-0.05, 0) is 33.4 Å². The summed E-state index contributed by atoms with van der Waals surface area (Å²) in [6.07, 6.45) is 1.09. The van der Waals surface area contributed by atoms with E-state index in [1.807, 2.05) is 13.8 Å². The van der Waals surface area contributed by atoms with E-state index in [1.54, 1.807) is 0 Å². The maximum atomic E-state index is 11.8. The van der Waals surface area contributed by atoms with Gasteiger partial charge in [-0.15, -0.1) is 0 Å². The Hall–Kier alpha value is -0.610. The van der Waals surface area contributed by atoms with Gasteiger partial charge in [0.25, 0.3) is 0 Å². The van der Waals surface area contributed by atoms with Crippen molar-refractivity contribution in [2.24, 2.45) is 0 Å². The van der Waals surface area contributed by atoms with Crippen molar-refractivity contribution in [1.29, 1.82) is 0 Å². The first-order valence-electron chi connectivity index (χ1n) is 6.74. The van der Waals surface area contributed by atoms with Gasteiger partial charge in [-0.1, -0.05) is 20.8 Å². The van der Waals surface area contributed by atoms with Crippen LogP contribution in [0, 0.1) is 0 Å². The van der Waals surface area contributed by atoms with Crippen molar-refractivity contribution in [2.75, 3.05) is 26.2 Å². The molecule has 4 nitrogen and oxygen atoms in total. The van der Waals surface area contributed by atoms with Crippen LogP contribution >= 0.6 is 0 Å². The zero-order valence-corrected chi connectivity index (χ0v) is 12.0. The monoisotopic (exact) mass is 244 g/mol. The Morgan fingerprint density at radius 1 is 1.29 bits per heavy atom. The average molecular weight is 244 g/mol. The topological polar surface area (TPSA) is 41.6 Å². The van der Waals surface area contributed by atoms with E-state index in [-0.39, 0.29) is 12.0 Å². The molecule has 4 heteroatoms. The Balaban J connectivity index is 4.43. The van der Waals surface area contributed by atoms with Crippen LogP contribution in [0.4, 0.5) is 0 Å². The third kappa shape index (κ3) is 6.03. The molecule has 0 aliphatic rings. The van der Waals surface area contributed by atoms with Crippen LogP contribution in [-0.2, 0) is 9.53 Å². The maximum Gasteiger partial charge on any atom is 0.324 e. The summed E-state index contributed by atoms with van der Waals surface area (Å²) in [7, 11) is 0. The quantitative estimate of drug-likeness (QED) is 0.626. The van der Waals surface area contributed by atoms with Gasteiger partial charge in [-0.2, -0.15) is 0 Å². The molecular weight excluding hydrogens is 216 g/mol. The zero-order chi connectivity index (χ0) is 13.3. The van der Waals surface area contributed by atoms with Gasteiger partial charge in [-0.3, -0.25) is 9.69 Å². The summed E-state index contributed by atoms with van der Waals surface area (Å²) in [4.78, 5) is 14.1. The minimum absolute atomic E-state index is 0.142. The number of esters is 1. The van der Waals surface area contributed by atoms with Gasteiger partial charge in [-0.25, -0.2) is 0 Å². The fourth-order valence-corrected chi connectivity index (χ4v) is 1.83. The van der Waals surface area contributed by atoms with Crippen LogP contribution in [-0.4, -0.2) is 49.2 Å². The van der Waals surface area contributed by atoms with E-state index < -0.39 is 0 Å². The molecule has 0 spiro atoms. The molecule has 0 aromatic heterocycles. The Bertz CT molecular complexity index is 210. The molecule has 2 unspecified atom stereocenters. The highest BCUT2D eigenvalue weighted by Gasteiger charge is 2.23. The van der Waals surface area contributed by atoms with Crippen molar-refractivity contribution in [3.05, 3.63) is 0 Å². The summed E-state index contributed by atoms with van der Waals surface area (Å²) in [5.41, 5.74) is 0. The number of carbonyl (C=O) groups is 1. The third-order valence-electron chi connectivity index (χ3n) is 3.06. The van der Waals surface area contributed by atoms with Gasteiger partial charge in [0.2, 0.25) is 0 Å². The van der Waals surface area contributed by atoms with E-state index in [0.717, 1.165) is 26.1 Å². The van der Waals surface area contributed by atoms with Crippen LogP contribution in [0.5, 0.6) is 0 Å². The minimum atomic E-state index is -0.214. The predicted molar refractivity (Wildman–Crippen MR) is 71.1 cm³/mol. The van der Waals surface area contributed by atoms with E-state index in [4.69, 9.17) is 4.74 Å². The fourth-order valence-electron chi connectivity index (χ4n) is 1.83. The molecule has 2 atom stereocenters. The molecule has 0 heterocycles. The summed E-state index contributed by atoms with van der Waals surface area (Å²) in [6.45, 7) is 13.2.